The van der Waals surface area contributed by atoms with Crippen molar-refractivity contribution in [2.24, 2.45) is 0 Å². The molecule has 0 atom stereocenters. The number of fused-ring (bicyclic) bond motifs is 1. The molecule has 0 saturated heterocycles. The fourth-order valence-electron chi connectivity index (χ4n) is 3.79. The van der Waals surface area contributed by atoms with Gasteiger partial charge in [-0.15, -0.1) is 0 Å². The van der Waals surface area contributed by atoms with Gasteiger partial charge in [0.2, 0.25) is 0 Å². The Morgan fingerprint density at radius 1 is 0.846 bits per heavy atom. The highest BCUT2D eigenvalue weighted by Crippen LogP contribution is 2.33. The Balaban J connectivity index is 1.27. The molecule has 3 aromatic carbocycles. The number of nitrogens with zero attached hydrogens (tertiary/aromatic N) is 3. The van der Waals surface area contributed by atoms with Crippen LogP contribution in [0.15, 0.2) is 97.5 Å². The van der Waals surface area contributed by atoms with Crippen LogP contribution in [0.25, 0.3) is 10.9 Å². The highest BCUT2D eigenvalue weighted by atomic mass is 16.5. The average Bonchev–Trinajstić information content (AvgIpc) is 2.97. The third kappa shape index (κ3) is 6.21. The molecule has 0 spiro atoms. The number of rotatable bonds is 8. The van der Waals surface area contributed by atoms with Crippen LogP contribution in [0.2, 0.25) is 0 Å². The van der Waals surface area contributed by atoms with E-state index in [9.17, 15) is 10.1 Å². The second kappa shape index (κ2) is 11.6. The summed E-state index contributed by atoms with van der Waals surface area (Å²) in [4.78, 5) is 20.8. The van der Waals surface area contributed by atoms with Gasteiger partial charge in [-0.3, -0.25) is 9.97 Å². The van der Waals surface area contributed by atoms with Crippen LogP contribution in [0.1, 0.15) is 11.1 Å². The molecule has 2 heterocycles. The van der Waals surface area contributed by atoms with Crippen LogP contribution >= 0.6 is 0 Å². The third-order valence-electron chi connectivity index (χ3n) is 5.75. The first-order chi connectivity index (χ1) is 19.1. The summed E-state index contributed by atoms with van der Waals surface area (Å²) in [5.74, 6) is 2.24. The van der Waals surface area contributed by atoms with E-state index in [1.54, 1.807) is 92.4 Å². The summed E-state index contributed by atoms with van der Waals surface area (Å²) in [6, 6.07) is 24.7. The Hall–Kier alpha value is -5.62. The SMILES string of the molecule is COc1ccc(NC(=O)Nc2ccc(Oc3ccnc4cc(OCc5ccncc5)c(C#N)cc34)cc2)cc1. The summed E-state index contributed by atoms with van der Waals surface area (Å²) in [7, 11) is 1.58. The summed E-state index contributed by atoms with van der Waals surface area (Å²) in [6.45, 7) is 0.303. The number of aromatic nitrogens is 2. The van der Waals surface area contributed by atoms with E-state index in [1.165, 1.54) is 0 Å². The number of amides is 2. The van der Waals surface area contributed by atoms with Crippen molar-refractivity contribution in [1.29, 1.82) is 5.26 Å². The van der Waals surface area contributed by atoms with Gasteiger partial charge in [0.1, 0.15) is 35.7 Å². The molecule has 0 aliphatic heterocycles. The lowest BCUT2D eigenvalue weighted by Gasteiger charge is -2.13. The molecule has 9 heteroatoms. The topological polar surface area (TPSA) is 118 Å². The van der Waals surface area contributed by atoms with Crippen molar-refractivity contribution >= 4 is 28.3 Å². The molecule has 0 aliphatic rings. The monoisotopic (exact) mass is 517 g/mol. The van der Waals surface area contributed by atoms with Crippen molar-refractivity contribution in [3.05, 3.63) is 109 Å². The van der Waals surface area contributed by atoms with Gasteiger partial charge >= 0.3 is 6.03 Å². The van der Waals surface area contributed by atoms with E-state index >= 15 is 0 Å². The van der Waals surface area contributed by atoms with E-state index in [-0.39, 0.29) is 6.03 Å². The first-order valence-electron chi connectivity index (χ1n) is 12.0. The molecule has 0 aliphatic carbocycles. The number of carbonyl (C=O) groups excluding carboxylic acids is 1. The van der Waals surface area contributed by atoms with Crippen LogP contribution in [0, 0.1) is 11.3 Å². The van der Waals surface area contributed by atoms with Gasteiger partial charge in [0.25, 0.3) is 0 Å². The highest BCUT2D eigenvalue weighted by Gasteiger charge is 2.12. The van der Waals surface area contributed by atoms with Crippen molar-refractivity contribution < 1.29 is 19.0 Å². The minimum absolute atomic E-state index is 0.303. The predicted molar refractivity (Wildman–Crippen MR) is 147 cm³/mol. The van der Waals surface area contributed by atoms with E-state index < -0.39 is 0 Å². The zero-order valence-electron chi connectivity index (χ0n) is 20.9. The van der Waals surface area contributed by atoms with Gasteiger partial charge in [0.15, 0.2) is 0 Å². The molecule has 0 radical (unpaired) electrons. The van der Waals surface area contributed by atoms with Crippen molar-refractivity contribution in [1.82, 2.24) is 9.97 Å². The second-order valence-electron chi connectivity index (χ2n) is 8.36. The molecule has 2 N–H and O–H groups in total. The number of carbonyl (C=O) groups is 1. The predicted octanol–water partition coefficient (Wildman–Crippen LogP) is 6.53. The van der Waals surface area contributed by atoms with Crippen LogP contribution in [-0.4, -0.2) is 23.1 Å². The Labute approximate surface area is 224 Å². The summed E-state index contributed by atoms with van der Waals surface area (Å²) in [5, 5.41) is 16.0. The molecule has 0 saturated carbocycles. The Kier molecular flexibility index (Phi) is 7.46. The zero-order chi connectivity index (χ0) is 27.0. The number of hydrogen-bond acceptors (Lipinski definition) is 7. The maximum absolute atomic E-state index is 12.3. The molecule has 2 amide bonds. The number of ether oxygens (including phenoxy) is 3. The van der Waals surface area contributed by atoms with Crippen molar-refractivity contribution in [2.75, 3.05) is 17.7 Å². The number of anilines is 2. The average molecular weight is 518 g/mol. The maximum Gasteiger partial charge on any atom is 0.323 e. The van der Waals surface area contributed by atoms with Gasteiger partial charge in [-0.1, -0.05) is 0 Å². The number of nitriles is 1. The maximum atomic E-state index is 12.3. The summed E-state index contributed by atoms with van der Waals surface area (Å²) < 4.78 is 17.1. The Morgan fingerprint density at radius 2 is 1.51 bits per heavy atom. The first-order valence-corrected chi connectivity index (χ1v) is 12.0. The Morgan fingerprint density at radius 3 is 2.15 bits per heavy atom. The second-order valence-corrected chi connectivity index (χ2v) is 8.36. The van der Waals surface area contributed by atoms with Crippen molar-refractivity contribution in [2.45, 2.75) is 6.61 Å². The van der Waals surface area contributed by atoms with Gasteiger partial charge in [-0.25, -0.2) is 4.79 Å². The van der Waals surface area contributed by atoms with Crippen molar-refractivity contribution in [3.63, 3.8) is 0 Å². The number of urea groups is 1. The molecule has 192 valence electrons. The van der Waals surface area contributed by atoms with Gasteiger partial charge < -0.3 is 24.8 Å². The van der Waals surface area contributed by atoms with Crippen LogP contribution in [0.5, 0.6) is 23.0 Å². The number of pyridine rings is 2. The van der Waals surface area contributed by atoms with Gasteiger partial charge in [-0.05, 0) is 78.4 Å². The lowest BCUT2D eigenvalue weighted by Crippen LogP contribution is -2.19. The zero-order valence-corrected chi connectivity index (χ0v) is 20.9. The van der Waals surface area contributed by atoms with E-state index in [0.29, 0.717) is 57.4 Å². The van der Waals surface area contributed by atoms with E-state index in [1.807, 2.05) is 12.1 Å². The number of nitrogens with one attached hydrogen (secondary N) is 2. The number of hydrogen-bond donors (Lipinski definition) is 2. The largest absolute Gasteiger partial charge is 0.497 e. The standard InChI is InChI=1S/C30H23N5O4/c1-37-24-6-2-22(3-7-24)34-30(36)35-23-4-8-25(9-5-23)39-28-12-15-33-27-17-29(21(18-31)16-26(27)28)38-19-20-10-13-32-14-11-20/h2-17H,19H2,1H3,(H2,34,35,36). The molecular weight excluding hydrogens is 494 g/mol. The fourth-order valence-corrected chi connectivity index (χ4v) is 3.79. The molecule has 0 fully saturated rings. The summed E-state index contributed by atoms with van der Waals surface area (Å²) in [5.41, 5.74) is 3.17. The molecule has 0 bridgehead atoms. The van der Waals surface area contributed by atoms with Crippen LogP contribution in [-0.2, 0) is 6.61 Å². The Bertz CT molecular complexity index is 1630. The van der Waals surface area contributed by atoms with Gasteiger partial charge in [0.05, 0.1) is 18.2 Å². The van der Waals surface area contributed by atoms with Gasteiger partial charge in [-0.2, -0.15) is 5.26 Å². The molecule has 5 aromatic rings. The minimum Gasteiger partial charge on any atom is -0.497 e. The quantitative estimate of drug-likeness (QED) is 0.240. The molecule has 9 nitrogen and oxygen atoms in total. The van der Waals surface area contributed by atoms with Crippen LogP contribution in [0.3, 0.4) is 0 Å². The lowest BCUT2D eigenvalue weighted by molar-refractivity contribution is 0.262. The normalized spacial score (nSPS) is 10.4. The molecular formula is C30H23N5O4. The highest BCUT2D eigenvalue weighted by molar-refractivity contribution is 5.99. The molecule has 2 aromatic heterocycles. The van der Waals surface area contributed by atoms with E-state index in [0.717, 1.165) is 5.56 Å². The van der Waals surface area contributed by atoms with E-state index in [2.05, 4.69) is 26.7 Å². The first kappa shape index (κ1) is 25.0. The number of methoxy groups -OCH3 is 1. The minimum atomic E-state index is -0.375. The smallest absolute Gasteiger partial charge is 0.323 e. The molecule has 0 unspecified atom stereocenters. The van der Waals surface area contributed by atoms with Crippen molar-refractivity contribution in [3.8, 4) is 29.1 Å². The van der Waals surface area contributed by atoms with Gasteiger partial charge in [0, 0.05) is 41.4 Å². The third-order valence-corrected chi connectivity index (χ3v) is 5.75. The van der Waals surface area contributed by atoms with E-state index in [4.69, 9.17) is 14.2 Å². The summed E-state index contributed by atoms with van der Waals surface area (Å²) >= 11 is 0. The van der Waals surface area contributed by atoms with Crippen LogP contribution in [0.4, 0.5) is 16.2 Å². The fraction of sp³-hybridized carbons (Fsp3) is 0.0667. The summed E-state index contributed by atoms with van der Waals surface area (Å²) in [6.07, 6.45) is 5.01. The van der Waals surface area contributed by atoms with Crippen LogP contribution < -0.4 is 24.8 Å². The molecule has 5 rings (SSSR count). The lowest BCUT2D eigenvalue weighted by atomic mass is 10.1. The molecule has 39 heavy (non-hydrogen) atoms. The number of benzene rings is 3.